The Bertz CT molecular complexity index is 734. The Morgan fingerprint density at radius 3 is 2.21 bits per heavy atom. The van der Waals surface area contributed by atoms with Crippen molar-refractivity contribution in [2.24, 2.45) is 0 Å². The zero-order valence-electron chi connectivity index (χ0n) is 13.3. The van der Waals surface area contributed by atoms with Crippen LogP contribution in [-0.4, -0.2) is 47.9 Å². The normalized spacial score (nSPS) is 14.6. The van der Waals surface area contributed by atoms with Gasteiger partial charge in [0.2, 0.25) is 0 Å². The summed E-state index contributed by atoms with van der Waals surface area (Å²) in [6, 6.07) is 10.2. The number of piperazine rings is 1. The van der Waals surface area contributed by atoms with Gasteiger partial charge in [-0.25, -0.2) is 4.79 Å². The van der Waals surface area contributed by atoms with Gasteiger partial charge in [0.05, 0.1) is 0 Å². The number of carbonyl (C=O) groups is 2. The summed E-state index contributed by atoms with van der Waals surface area (Å²) in [7, 11) is 0. The lowest BCUT2D eigenvalue weighted by Crippen LogP contribution is -2.51. The van der Waals surface area contributed by atoms with E-state index in [-0.39, 0.29) is 11.9 Å². The molecule has 1 N–H and O–H groups in total. The number of furan rings is 1. The summed E-state index contributed by atoms with van der Waals surface area (Å²) in [5.41, 5.74) is 0.689. The van der Waals surface area contributed by atoms with Crippen molar-refractivity contribution in [1.82, 2.24) is 9.80 Å². The van der Waals surface area contributed by atoms with Gasteiger partial charge in [-0.15, -0.1) is 0 Å². The number of rotatable bonds is 2. The van der Waals surface area contributed by atoms with Crippen molar-refractivity contribution in [3.8, 4) is 0 Å². The van der Waals surface area contributed by atoms with Crippen molar-refractivity contribution in [2.75, 3.05) is 31.5 Å². The molecule has 0 unspecified atom stereocenters. The van der Waals surface area contributed by atoms with E-state index in [1.165, 1.54) is 0 Å². The van der Waals surface area contributed by atoms with Crippen LogP contribution in [0.15, 0.2) is 40.8 Å². The lowest BCUT2D eigenvalue weighted by molar-refractivity contribution is 0.0639. The number of anilines is 1. The van der Waals surface area contributed by atoms with Crippen LogP contribution >= 0.6 is 11.6 Å². The fraction of sp³-hybridized carbons (Fsp3) is 0.294. The minimum absolute atomic E-state index is 0.138. The molecule has 0 radical (unpaired) electrons. The molecule has 2 aromatic rings. The number of hydrogen-bond acceptors (Lipinski definition) is 3. The molecule has 1 aromatic heterocycles. The standard InChI is InChI=1S/C17H18ClN3O3/c1-12-2-7-15(24-12)16(22)20-8-10-21(11-9-20)17(23)19-14-5-3-13(18)4-6-14/h2-7H,8-11H2,1H3,(H,19,23). The third kappa shape index (κ3) is 3.71. The van der Waals surface area contributed by atoms with Crippen LogP contribution in [-0.2, 0) is 0 Å². The first-order valence-electron chi connectivity index (χ1n) is 7.70. The second kappa shape index (κ2) is 6.97. The van der Waals surface area contributed by atoms with Crippen LogP contribution in [0.1, 0.15) is 16.3 Å². The Morgan fingerprint density at radius 1 is 1.00 bits per heavy atom. The van der Waals surface area contributed by atoms with Gasteiger partial charge in [0.25, 0.3) is 5.91 Å². The van der Waals surface area contributed by atoms with Crippen molar-refractivity contribution in [3.05, 3.63) is 52.9 Å². The van der Waals surface area contributed by atoms with Crippen LogP contribution < -0.4 is 5.32 Å². The maximum atomic E-state index is 12.3. The number of aryl methyl sites for hydroxylation is 1. The SMILES string of the molecule is Cc1ccc(C(=O)N2CCN(C(=O)Nc3ccc(Cl)cc3)CC2)o1. The Kier molecular flexibility index (Phi) is 4.76. The van der Waals surface area contributed by atoms with Crippen LogP contribution in [0.3, 0.4) is 0 Å². The average molecular weight is 348 g/mol. The van der Waals surface area contributed by atoms with Crippen molar-refractivity contribution in [2.45, 2.75) is 6.92 Å². The number of amides is 3. The minimum atomic E-state index is -0.182. The molecular weight excluding hydrogens is 330 g/mol. The molecular formula is C17H18ClN3O3. The molecule has 0 aliphatic carbocycles. The van der Waals surface area contributed by atoms with Crippen molar-refractivity contribution in [1.29, 1.82) is 0 Å². The van der Waals surface area contributed by atoms with Gasteiger partial charge >= 0.3 is 6.03 Å². The molecule has 2 heterocycles. The topological polar surface area (TPSA) is 65.8 Å². The van der Waals surface area contributed by atoms with Crippen LogP contribution in [0.2, 0.25) is 5.02 Å². The van der Waals surface area contributed by atoms with Crippen LogP contribution in [0.25, 0.3) is 0 Å². The molecule has 1 aliphatic heterocycles. The molecule has 126 valence electrons. The van der Waals surface area contributed by atoms with E-state index in [0.717, 1.165) is 0 Å². The molecule has 0 spiro atoms. The van der Waals surface area contributed by atoms with Gasteiger partial charge in [0.15, 0.2) is 5.76 Å². The molecule has 0 bridgehead atoms. The summed E-state index contributed by atoms with van der Waals surface area (Å²) in [4.78, 5) is 28.0. The molecule has 0 atom stereocenters. The predicted molar refractivity (Wildman–Crippen MR) is 91.4 cm³/mol. The Balaban J connectivity index is 1.53. The smallest absolute Gasteiger partial charge is 0.321 e. The van der Waals surface area contributed by atoms with Gasteiger partial charge in [-0.1, -0.05) is 11.6 Å². The fourth-order valence-electron chi connectivity index (χ4n) is 2.55. The van der Waals surface area contributed by atoms with E-state index in [9.17, 15) is 9.59 Å². The highest BCUT2D eigenvalue weighted by molar-refractivity contribution is 6.30. The summed E-state index contributed by atoms with van der Waals surface area (Å²) in [5, 5.41) is 3.44. The van der Waals surface area contributed by atoms with Crippen LogP contribution in [0, 0.1) is 6.92 Å². The molecule has 3 rings (SSSR count). The lowest BCUT2D eigenvalue weighted by Gasteiger charge is -2.34. The fourth-order valence-corrected chi connectivity index (χ4v) is 2.68. The second-order valence-corrected chi connectivity index (χ2v) is 6.06. The summed E-state index contributed by atoms with van der Waals surface area (Å²) in [6.07, 6.45) is 0. The molecule has 0 saturated carbocycles. The molecule has 6 nitrogen and oxygen atoms in total. The molecule has 1 aromatic carbocycles. The van der Waals surface area contributed by atoms with E-state index in [1.54, 1.807) is 53.1 Å². The highest BCUT2D eigenvalue weighted by Crippen LogP contribution is 2.15. The summed E-state index contributed by atoms with van der Waals surface area (Å²) in [6.45, 7) is 3.71. The molecule has 1 aliphatic rings. The van der Waals surface area contributed by atoms with Crippen molar-refractivity contribution in [3.63, 3.8) is 0 Å². The molecule has 1 fully saturated rings. The number of nitrogens with one attached hydrogen (secondary N) is 1. The average Bonchev–Trinajstić information content (AvgIpc) is 3.03. The highest BCUT2D eigenvalue weighted by atomic mass is 35.5. The van der Waals surface area contributed by atoms with Crippen LogP contribution in [0.4, 0.5) is 10.5 Å². The van der Waals surface area contributed by atoms with Gasteiger partial charge < -0.3 is 19.5 Å². The zero-order valence-corrected chi connectivity index (χ0v) is 14.0. The second-order valence-electron chi connectivity index (χ2n) is 5.63. The molecule has 3 amide bonds. The number of nitrogens with zero attached hydrogens (tertiary/aromatic N) is 2. The maximum absolute atomic E-state index is 12.3. The van der Waals surface area contributed by atoms with E-state index in [2.05, 4.69) is 5.32 Å². The van der Waals surface area contributed by atoms with Gasteiger partial charge in [-0.3, -0.25) is 4.79 Å². The van der Waals surface area contributed by atoms with Gasteiger partial charge in [0.1, 0.15) is 5.76 Å². The third-order valence-electron chi connectivity index (χ3n) is 3.90. The first-order valence-corrected chi connectivity index (χ1v) is 8.08. The molecule has 7 heteroatoms. The number of carbonyl (C=O) groups excluding carboxylic acids is 2. The monoisotopic (exact) mass is 347 g/mol. The number of benzene rings is 1. The number of hydrogen-bond donors (Lipinski definition) is 1. The predicted octanol–water partition coefficient (Wildman–Crippen LogP) is 3.23. The lowest BCUT2D eigenvalue weighted by atomic mass is 10.3. The largest absolute Gasteiger partial charge is 0.456 e. The molecule has 1 saturated heterocycles. The minimum Gasteiger partial charge on any atom is -0.456 e. The third-order valence-corrected chi connectivity index (χ3v) is 4.15. The number of urea groups is 1. The number of halogens is 1. The summed E-state index contributed by atoms with van der Waals surface area (Å²) >= 11 is 5.83. The van der Waals surface area contributed by atoms with Crippen LogP contribution in [0.5, 0.6) is 0 Å². The first kappa shape index (κ1) is 16.4. The van der Waals surface area contributed by atoms with Gasteiger partial charge in [0, 0.05) is 36.9 Å². The Hall–Kier alpha value is -2.47. The van der Waals surface area contributed by atoms with E-state index >= 15 is 0 Å². The highest BCUT2D eigenvalue weighted by Gasteiger charge is 2.26. The maximum Gasteiger partial charge on any atom is 0.321 e. The zero-order chi connectivity index (χ0) is 17.1. The Labute approximate surface area is 145 Å². The molecule has 24 heavy (non-hydrogen) atoms. The van der Waals surface area contributed by atoms with E-state index in [0.29, 0.717) is 48.4 Å². The summed E-state index contributed by atoms with van der Waals surface area (Å²) in [5.74, 6) is 0.909. The van der Waals surface area contributed by atoms with Crippen molar-refractivity contribution < 1.29 is 14.0 Å². The Morgan fingerprint density at radius 2 is 1.62 bits per heavy atom. The van der Waals surface area contributed by atoms with Gasteiger partial charge in [-0.2, -0.15) is 0 Å². The van der Waals surface area contributed by atoms with E-state index in [4.69, 9.17) is 16.0 Å². The van der Waals surface area contributed by atoms with Crippen molar-refractivity contribution >= 4 is 29.2 Å². The quantitative estimate of drug-likeness (QED) is 0.907. The summed E-state index contributed by atoms with van der Waals surface area (Å²) < 4.78 is 5.37. The van der Waals surface area contributed by atoms with Gasteiger partial charge in [-0.05, 0) is 43.3 Å². The van der Waals surface area contributed by atoms with E-state index < -0.39 is 0 Å². The first-order chi connectivity index (χ1) is 11.5. The van der Waals surface area contributed by atoms with E-state index in [1.807, 2.05) is 0 Å².